The molecule has 1 atom stereocenters. The maximum atomic E-state index is 10.3. The van der Waals surface area contributed by atoms with Gasteiger partial charge >= 0.3 is 103 Å². The molecular formula is C11H22K2O3. The molecule has 0 N–H and O–H groups in total. The molecule has 1 aliphatic carbocycles. The van der Waals surface area contributed by atoms with E-state index in [0.717, 1.165) is 12.8 Å². The van der Waals surface area contributed by atoms with Crippen molar-refractivity contribution in [3.05, 3.63) is 0 Å². The Kier molecular flexibility index (Phi) is 27.4. The molecular weight excluding hydrogens is 258 g/mol. The summed E-state index contributed by atoms with van der Waals surface area (Å²) in [4.78, 5) is 0. The molecule has 1 aliphatic heterocycles. The van der Waals surface area contributed by atoms with Crippen LogP contribution in [0.5, 0.6) is 0 Å². The minimum atomic E-state index is -0.426. The van der Waals surface area contributed by atoms with Crippen LogP contribution in [-0.4, -0.2) is 25.4 Å². The number of rotatable bonds is 0. The van der Waals surface area contributed by atoms with Crippen LogP contribution >= 0.6 is 0 Å². The smallest absolute Gasteiger partial charge is 0.852 e. The molecule has 86 valence electrons. The quantitative estimate of drug-likeness (QED) is 0.416. The molecule has 1 unspecified atom stereocenters. The van der Waals surface area contributed by atoms with Crippen LogP contribution in [0.4, 0.5) is 0 Å². The topological polar surface area (TPSA) is 55.3 Å². The summed E-state index contributed by atoms with van der Waals surface area (Å²) in [6.45, 7) is 5.11. The van der Waals surface area contributed by atoms with Gasteiger partial charge in [-0.1, -0.05) is 39.5 Å². The first-order valence-electron chi connectivity index (χ1n) is 5.68. The van der Waals surface area contributed by atoms with Gasteiger partial charge in [0.2, 0.25) is 0 Å². The molecule has 0 aromatic rings. The molecule has 0 aromatic heterocycles. The summed E-state index contributed by atoms with van der Waals surface area (Å²) in [6, 6.07) is 0. The van der Waals surface area contributed by atoms with Crippen LogP contribution in [-0.2, 0) is 4.74 Å². The molecule has 2 fully saturated rings. The second-order valence-corrected chi connectivity index (χ2v) is 3.39. The molecule has 0 bridgehead atoms. The molecule has 2 rings (SSSR count). The Hall–Kier alpha value is 3.15. The van der Waals surface area contributed by atoms with E-state index in [0.29, 0.717) is 19.6 Å². The van der Waals surface area contributed by atoms with E-state index >= 15 is 0 Å². The first-order chi connectivity index (χ1) is 6.79. The number of hydrogen-bond acceptors (Lipinski definition) is 3. The fourth-order valence-corrected chi connectivity index (χ4v) is 1.40. The van der Waals surface area contributed by atoms with Gasteiger partial charge < -0.3 is 14.9 Å². The Bertz CT molecular complexity index is 99.8. The average Bonchev–Trinajstić information content (AvgIpc) is 2.83. The van der Waals surface area contributed by atoms with Crippen molar-refractivity contribution in [2.24, 2.45) is 0 Å². The summed E-state index contributed by atoms with van der Waals surface area (Å²) in [5.74, 6) is 0. The molecule has 0 amide bonds. The third kappa shape index (κ3) is 15.2. The van der Waals surface area contributed by atoms with Gasteiger partial charge in [-0.2, -0.15) is 0 Å². The van der Waals surface area contributed by atoms with Crippen LogP contribution in [0.1, 0.15) is 46.0 Å². The maximum Gasteiger partial charge on any atom is 1.00 e. The Balaban J connectivity index is -0.000000165. The van der Waals surface area contributed by atoms with Gasteiger partial charge in [-0.3, -0.25) is 0 Å². The molecule has 0 spiro atoms. The maximum absolute atomic E-state index is 10.3. The van der Waals surface area contributed by atoms with Gasteiger partial charge in [-0.05, 0) is 6.42 Å². The Morgan fingerprint density at radius 3 is 1.50 bits per heavy atom. The Morgan fingerprint density at radius 2 is 1.38 bits per heavy atom. The van der Waals surface area contributed by atoms with Gasteiger partial charge in [0.1, 0.15) is 0 Å². The summed E-state index contributed by atoms with van der Waals surface area (Å²) in [5.41, 5.74) is 0. The molecule has 1 heterocycles. The predicted molar refractivity (Wildman–Crippen MR) is 52.8 cm³/mol. The van der Waals surface area contributed by atoms with Crippen molar-refractivity contribution in [2.45, 2.75) is 58.2 Å². The van der Waals surface area contributed by atoms with E-state index in [2.05, 4.69) is 0 Å². The molecule has 16 heavy (non-hydrogen) atoms. The normalized spacial score (nSPS) is 22.9. The van der Waals surface area contributed by atoms with E-state index in [1.54, 1.807) is 0 Å². The fraction of sp³-hybridized carbons (Fsp3) is 1.00. The summed E-state index contributed by atoms with van der Waals surface area (Å²) in [6.07, 6.45) is 4.29. The van der Waals surface area contributed by atoms with Gasteiger partial charge in [0.15, 0.2) is 0 Å². The third-order valence-electron chi connectivity index (χ3n) is 2.19. The van der Waals surface area contributed by atoms with Crippen molar-refractivity contribution in [3.63, 3.8) is 0 Å². The van der Waals surface area contributed by atoms with Crippen molar-refractivity contribution >= 4 is 0 Å². The van der Waals surface area contributed by atoms with Crippen molar-refractivity contribution in [1.29, 1.82) is 0 Å². The van der Waals surface area contributed by atoms with Gasteiger partial charge in [0.25, 0.3) is 0 Å². The standard InChI is InChI=1S/C5H9O.C4H7O2.C2H6.2K/c6-5-3-1-2-4-5;5-4-1-2-6-3-4;1-2;;/h5H,1-4H2;4H,1-3H2;1-2H3;;/q2*-1;;2*+1. The number of ether oxygens (including phenoxy) is 1. The molecule has 0 radical (unpaired) electrons. The molecule has 1 saturated heterocycles. The van der Waals surface area contributed by atoms with E-state index in [-0.39, 0.29) is 109 Å². The predicted octanol–water partition coefficient (Wildman–Crippen LogP) is -5.54. The molecule has 0 aromatic carbocycles. The molecule has 1 saturated carbocycles. The first kappa shape index (κ1) is 24.2. The monoisotopic (exact) mass is 280 g/mol. The second kappa shape index (κ2) is 18.2. The van der Waals surface area contributed by atoms with Crippen LogP contribution in [0.3, 0.4) is 0 Å². The van der Waals surface area contributed by atoms with Crippen molar-refractivity contribution in [1.82, 2.24) is 0 Å². The Morgan fingerprint density at radius 1 is 0.875 bits per heavy atom. The SMILES string of the molecule is CC.[K+].[K+].[O-]C1CCCC1.[O-]C1CCOC1. The van der Waals surface area contributed by atoms with Crippen molar-refractivity contribution in [2.75, 3.05) is 13.2 Å². The summed E-state index contributed by atoms with van der Waals surface area (Å²) in [7, 11) is 0. The molecule has 2 aliphatic rings. The van der Waals surface area contributed by atoms with E-state index in [1.807, 2.05) is 13.8 Å². The zero-order chi connectivity index (χ0) is 10.8. The summed E-state index contributed by atoms with van der Waals surface area (Å²) >= 11 is 0. The van der Waals surface area contributed by atoms with Crippen LogP contribution in [0.2, 0.25) is 0 Å². The van der Waals surface area contributed by atoms with Crippen LogP contribution in [0, 0.1) is 0 Å². The Labute approximate surface area is 185 Å². The number of hydrogen-bond donors (Lipinski definition) is 0. The van der Waals surface area contributed by atoms with E-state index in [1.165, 1.54) is 12.8 Å². The average molecular weight is 280 g/mol. The van der Waals surface area contributed by atoms with E-state index < -0.39 is 6.10 Å². The summed E-state index contributed by atoms with van der Waals surface area (Å²) < 4.78 is 4.74. The van der Waals surface area contributed by atoms with Crippen LogP contribution in [0.15, 0.2) is 0 Å². The van der Waals surface area contributed by atoms with E-state index in [4.69, 9.17) is 4.74 Å². The fourth-order valence-electron chi connectivity index (χ4n) is 1.40. The summed E-state index contributed by atoms with van der Waals surface area (Å²) in [5, 5.41) is 20.5. The van der Waals surface area contributed by atoms with Crippen LogP contribution < -0.4 is 113 Å². The largest absolute Gasteiger partial charge is 1.00 e. The van der Waals surface area contributed by atoms with Gasteiger partial charge in [0.05, 0.1) is 0 Å². The van der Waals surface area contributed by atoms with Gasteiger partial charge in [-0.15, -0.1) is 12.2 Å². The van der Waals surface area contributed by atoms with Crippen molar-refractivity contribution < 1.29 is 118 Å². The minimum Gasteiger partial charge on any atom is -0.852 e. The van der Waals surface area contributed by atoms with Crippen molar-refractivity contribution in [3.8, 4) is 0 Å². The van der Waals surface area contributed by atoms with E-state index in [9.17, 15) is 10.2 Å². The second-order valence-electron chi connectivity index (χ2n) is 3.39. The van der Waals surface area contributed by atoms with Crippen LogP contribution in [0.25, 0.3) is 0 Å². The first-order valence-corrected chi connectivity index (χ1v) is 5.68. The molecule has 5 heteroatoms. The zero-order valence-electron chi connectivity index (χ0n) is 11.3. The third-order valence-corrected chi connectivity index (χ3v) is 2.19. The molecule has 3 nitrogen and oxygen atoms in total. The zero-order valence-corrected chi connectivity index (χ0v) is 17.6. The van der Waals surface area contributed by atoms with Gasteiger partial charge in [-0.25, -0.2) is 0 Å². The minimum absolute atomic E-state index is 0. The van der Waals surface area contributed by atoms with Gasteiger partial charge in [0, 0.05) is 13.2 Å².